The van der Waals surface area contributed by atoms with E-state index in [1.54, 1.807) is 0 Å². The van der Waals surface area contributed by atoms with Gasteiger partial charge in [0.2, 0.25) is 0 Å². The summed E-state index contributed by atoms with van der Waals surface area (Å²) in [5.41, 5.74) is -1.16. The van der Waals surface area contributed by atoms with Crippen molar-refractivity contribution in [2.45, 2.75) is 99.8 Å². The van der Waals surface area contributed by atoms with Crippen LogP contribution in [0.4, 0.5) is 0 Å². The Hall–Kier alpha value is -1.94. The average Bonchev–Trinajstić information content (AvgIpc) is 2.77. The summed E-state index contributed by atoms with van der Waals surface area (Å²) in [5.74, 6) is 0.569. The topological polar surface area (TPSA) is 81.7 Å². The standard InChI is InChI=1S/C31H42N2O2/c1-26(2)10-12-31(18-33)13-11-30(7)24(20(31)16-26)21(34)14-23-28(5)15-19(17-32)25(35)27(3,4)22(28)8-9-29(23,30)6/h15,20,22-24H,8-14,16H2,1-7H3. The SMILES string of the molecule is CC1(C)CCC2(C#N)CCC3(C)C(C(=O)CC4C5(C)C=C(C#N)C(=O)C(C)(C)C5CCC43C)C2C1. The van der Waals surface area contributed by atoms with Crippen LogP contribution in [0.5, 0.6) is 0 Å². The number of allylic oxidation sites excluding steroid dienone is 2. The summed E-state index contributed by atoms with van der Waals surface area (Å²) in [4.78, 5) is 27.5. The van der Waals surface area contributed by atoms with E-state index in [0.717, 1.165) is 44.9 Å². The van der Waals surface area contributed by atoms with Crippen LogP contribution >= 0.6 is 0 Å². The lowest BCUT2D eigenvalue weighted by atomic mass is 9.31. The molecule has 0 amide bonds. The number of ketones is 2. The smallest absolute Gasteiger partial charge is 0.178 e. The summed E-state index contributed by atoms with van der Waals surface area (Å²) in [7, 11) is 0. The molecule has 8 atom stereocenters. The third-order valence-corrected chi connectivity index (χ3v) is 12.7. The highest BCUT2D eigenvalue weighted by molar-refractivity contribution is 6.04. The Morgan fingerprint density at radius 3 is 2.14 bits per heavy atom. The van der Waals surface area contributed by atoms with Gasteiger partial charge in [-0.3, -0.25) is 9.59 Å². The van der Waals surface area contributed by atoms with Gasteiger partial charge in [0.25, 0.3) is 0 Å². The van der Waals surface area contributed by atoms with Gasteiger partial charge in [0, 0.05) is 17.8 Å². The minimum atomic E-state index is -0.605. The van der Waals surface area contributed by atoms with Gasteiger partial charge in [0.15, 0.2) is 5.78 Å². The Labute approximate surface area is 211 Å². The molecule has 35 heavy (non-hydrogen) atoms. The third-order valence-electron chi connectivity index (χ3n) is 12.7. The van der Waals surface area contributed by atoms with Gasteiger partial charge in [-0.15, -0.1) is 0 Å². The van der Waals surface area contributed by atoms with E-state index in [-0.39, 0.29) is 62.1 Å². The van der Waals surface area contributed by atoms with Gasteiger partial charge in [0.05, 0.1) is 17.1 Å². The lowest BCUT2D eigenvalue weighted by molar-refractivity contribution is -0.216. The fourth-order valence-corrected chi connectivity index (χ4v) is 10.5. The maximum atomic E-state index is 14.3. The van der Waals surface area contributed by atoms with Crippen molar-refractivity contribution in [2.24, 2.45) is 56.2 Å². The van der Waals surface area contributed by atoms with Crippen LogP contribution in [0.3, 0.4) is 0 Å². The highest BCUT2D eigenvalue weighted by Crippen LogP contribution is 2.75. The van der Waals surface area contributed by atoms with Crippen LogP contribution < -0.4 is 0 Å². The number of nitriles is 2. The molecule has 0 saturated heterocycles. The highest BCUT2D eigenvalue weighted by Gasteiger charge is 2.72. The van der Waals surface area contributed by atoms with Gasteiger partial charge in [-0.2, -0.15) is 10.5 Å². The lowest BCUT2D eigenvalue weighted by Crippen LogP contribution is -2.68. The Balaban J connectivity index is 1.64. The van der Waals surface area contributed by atoms with Crippen molar-refractivity contribution < 1.29 is 9.59 Å². The first kappa shape index (κ1) is 24.7. The van der Waals surface area contributed by atoms with Crippen molar-refractivity contribution in [1.82, 2.24) is 0 Å². The molecule has 0 bridgehead atoms. The summed E-state index contributed by atoms with van der Waals surface area (Å²) in [6, 6.07) is 4.96. The number of carbonyl (C=O) groups is 2. The van der Waals surface area contributed by atoms with E-state index in [1.165, 1.54) is 0 Å². The molecule has 0 N–H and O–H groups in total. The van der Waals surface area contributed by atoms with E-state index in [0.29, 0.717) is 12.2 Å². The van der Waals surface area contributed by atoms with Crippen LogP contribution in [0.1, 0.15) is 99.8 Å². The molecule has 188 valence electrons. The zero-order valence-electron chi connectivity index (χ0n) is 22.8. The highest BCUT2D eigenvalue weighted by atomic mass is 16.1. The van der Waals surface area contributed by atoms with Gasteiger partial charge < -0.3 is 0 Å². The first-order valence-electron chi connectivity index (χ1n) is 13.7. The van der Waals surface area contributed by atoms with E-state index in [4.69, 9.17) is 0 Å². The molecule has 0 heterocycles. The van der Waals surface area contributed by atoms with Crippen molar-refractivity contribution in [3.8, 4) is 12.1 Å². The van der Waals surface area contributed by atoms with Crippen molar-refractivity contribution in [1.29, 1.82) is 10.5 Å². The minimum absolute atomic E-state index is 0.0433. The summed E-state index contributed by atoms with van der Waals surface area (Å²) in [6.07, 6.45) is 9.12. The van der Waals surface area contributed by atoms with Crippen LogP contribution in [0, 0.1) is 78.8 Å². The molecule has 5 aliphatic rings. The van der Waals surface area contributed by atoms with Crippen LogP contribution in [0.15, 0.2) is 11.6 Å². The number of hydrogen-bond donors (Lipinski definition) is 0. The van der Waals surface area contributed by atoms with Gasteiger partial charge in [-0.25, -0.2) is 0 Å². The van der Waals surface area contributed by atoms with Crippen molar-refractivity contribution >= 4 is 11.6 Å². The molecule has 4 nitrogen and oxygen atoms in total. The van der Waals surface area contributed by atoms with Gasteiger partial charge >= 0.3 is 0 Å². The Morgan fingerprint density at radius 2 is 1.51 bits per heavy atom. The molecule has 4 fully saturated rings. The molecule has 0 aromatic carbocycles. The normalized spacial score (nSPS) is 49.8. The van der Waals surface area contributed by atoms with Gasteiger partial charge in [-0.1, -0.05) is 54.5 Å². The molecular weight excluding hydrogens is 432 g/mol. The van der Waals surface area contributed by atoms with Crippen LogP contribution in [-0.4, -0.2) is 11.6 Å². The van der Waals surface area contributed by atoms with Crippen LogP contribution in [0.25, 0.3) is 0 Å². The largest absolute Gasteiger partial charge is 0.299 e. The molecule has 8 unspecified atom stereocenters. The van der Waals surface area contributed by atoms with Gasteiger partial charge in [-0.05, 0) is 84.4 Å². The average molecular weight is 475 g/mol. The lowest BCUT2D eigenvalue weighted by Gasteiger charge is -2.71. The second-order valence-electron chi connectivity index (χ2n) is 15.0. The number of hydrogen-bond acceptors (Lipinski definition) is 4. The number of carbonyl (C=O) groups excluding carboxylic acids is 2. The van der Waals surface area contributed by atoms with Crippen LogP contribution in [0.2, 0.25) is 0 Å². The number of nitrogens with zero attached hydrogens (tertiary/aromatic N) is 2. The van der Waals surface area contributed by atoms with E-state index in [2.05, 4.69) is 46.8 Å². The number of Topliss-reactive ketones (excluding diaryl/α,β-unsaturated/α-hetero) is 2. The summed E-state index contributed by atoms with van der Waals surface area (Å²) < 4.78 is 0. The molecule has 4 saturated carbocycles. The molecule has 4 heteroatoms. The Morgan fingerprint density at radius 1 is 0.857 bits per heavy atom. The van der Waals surface area contributed by atoms with Gasteiger partial charge in [0.1, 0.15) is 11.9 Å². The molecular formula is C31H42N2O2. The second kappa shape index (κ2) is 7.09. The molecule has 5 rings (SSSR count). The van der Waals surface area contributed by atoms with Crippen molar-refractivity contribution in [3.63, 3.8) is 0 Å². The van der Waals surface area contributed by atoms with E-state index < -0.39 is 5.41 Å². The Kier molecular flexibility index (Phi) is 5.01. The monoisotopic (exact) mass is 474 g/mol. The minimum Gasteiger partial charge on any atom is -0.299 e. The summed E-state index contributed by atoms with van der Waals surface area (Å²) in [6.45, 7) is 15.6. The number of fused-ring (bicyclic) bond motifs is 7. The maximum Gasteiger partial charge on any atom is 0.178 e. The van der Waals surface area contributed by atoms with E-state index in [9.17, 15) is 20.1 Å². The van der Waals surface area contributed by atoms with E-state index in [1.807, 2.05) is 19.9 Å². The quantitative estimate of drug-likeness (QED) is 0.386. The molecule has 0 aromatic heterocycles. The summed E-state index contributed by atoms with van der Waals surface area (Å²) >= 11 is 0. The predicted molar refractivity (Wildman–Crippen MR) is 135 cm³/mol. The Bertz CT molecular complexity index is 1120. The maximum absolute atomic E-state index is 14.3. The molecule has 0 aromatic rings. The fourth-order valence-electron chi connectivity index (χ4n) is 10.5. The van der Waals surface area contributed by atoms with E-state index >= 15 is 0 Å². The van der Waals surface area contributed by atoms with Crippen LogP contribution in [-0.2, 0) is 9.59 Å². The molecule has 0 spiro atoms. The molecule has 0 radical (unpaired) electrons. The second-order valence-corrected chi connectivity index (χ2v) is 15.0. The predicted octanol–water partition coefficient (Wildman–Crippen LogP) is 6.81. The molecule has 0 aliphatic heterocycles. The van der Waals surface area contributed by atoms with Crippen molar-refractivity contribution in [3.05, 3.63) is 11.6 Å². The first-order chi connectivity index (χ1) is 16.1. The zero-order valence-corrected chi connectivity index (χ0v) is 22.8. The number of rotatable bonds is 0. The molecule has 5 aliphatic carbocycles. The van der Waals surface area contributed by atoms with Crippen molar-refractivity contribution in [2.75, 3.05) is 0 Å². The zero-order chi connectivity index (χ0) is 25.8. The summed E-state index contributed by atoms with van der Waals surface area (Å²) in [5, 5.41) is 20.3. The first-order valence-corrected chi connectivity index (χ1v) is 13.7. The fraction of sp³-hybridized carbons (Fsp3) is 0.806. The third kappa shape index (κ3) is 2.89.